The Labute approximate surface area is 129 Å². The molecule has 22 heavy (non-hydrogen) atoms. The third kappa shape index (κ3) is 3.21. The second-order valence-electron chi connectivity index (χ2n) is 6.83. The Balaban J connectivity index is 2.04. The van der Waals surface area contributed by atoms with Gasteiger partial charge in [-0.15, -0.1) is 20.4 Å². The van der Waals surface area contributed by atoms with Gasteiger partial charge < -0.3 is 4.84 Å². The van der Waals surface area contributed by atoms with Gasteiger partial charge in [0.1, 0.15) is 5.16 Å². The van der Waals surface area contributed by atoms with Crippen LogP contribution in [0.1, 0.15) is 40.5 Å². The molecule has 0 bridgehead atoms. The van der Waals surface area contributed by atoms with Crippen molar-refractivity contribution in [3.63, 3.8) is 0 Å². The van der Waals surface area contributed by atoms with Gasteiger partial charge in [0.05, 0.1) is 7.05 Å². The number of nitrogens with one attached hydrogen (secondary N) is 2. The molecular formula is C13H23N5O4+. The number of hydroxylamine groups is 3. The molecule has 1 amide bonds. The van der Waals surface area contributed by atoms with E-state index in [2.05, 4.69) is 16.0 Å². The minimum atomic E-state index is -0.499. The van der Waals surface area contributed by atoms with Crippen LogP contribution in [0.5, 0.6) is 5.88 Å². The first kappa shape index (κ1) is 16.7. The first-order chi connectivity index (χ1) is 10.2. The fourth-order valence-electron chi connectivity index (χ4n) is 3.08. The molecule has 0 atom stereocenters. The molecule has 9 heteroatoms. The molecule has 0 unspecified atom stereocenters. The predicted molar refractivity (Wildman–Crippen MR) is 74.8 cm³/mol. The number of piperidine rings is 1. The van der Waals surface area contributed by atoms with Gasteiger partial charge in [-0.1, -0.05) is 4.74 Å². The summed E-state index contributed by atoms with van der Waals surface area (Å²) in [6.07, 6.45) is 1.77. The molecule has 2 rings (SSSR count). The number of aryl methyl sites for hydroxylation is 1. The molecule has 1 radical (unpaired) electrons. The minimum absolute atomic E-state index is 0.0266. The van der Waals surface area contributed by atoms with E-state index in [4.69, 9.17) is 9.47 Å². The average molecular weight is 313 g/mol. The summed E-state index contributed by atoms with van der Waals surface area (Å²) in [5.41, 5.74) is 1.93. The van der Waals surface area contributed by atoms with Crippen LogP contribution in [0.4, 0.5) is 5.82 Å². The van der Waals surface area contributed by atoms with Crippen molar-refractivity contribution in [2.45, 2.75) is 57.7 Å². The smallest absolute Gasteiger partial charge is 0.363 e. The predicted octanol–water partition coefficient (Wildman–Crippen LogP) is 0.318. The number of anilines is 1. The molecule has 1 aliphatic rings. The zero-order valence-electron chi connectivity index (χ0n) is 13.5. The number of hydrogen-bond acceptors (Lipinski definition) is 6. The van der Waals surface area contributed by atoms with Crippen molar-refractivity contribution in [2.75, 3.05) is 5.32 Å². The van der Waals surface area contributed by atoms with Crippen LogP contribution < -0.4 is 20.4 Å². The van der Waals surface area contributed by atoms with Crippen molar-refractivity contribution in [2.24, 2.45) is 7.05 Å². The summed E-state index contributed by atoms with van der Waals surface area (Å²) in [4.78, 5) is 16.0. The van der Waals surface area contributed by atoms with E-state index in [1.54, 1.807) is 7.05 Å². The lowest BCUT2D eigenvalue weighted by atomic mass is 9.79. The van der Waals surface area contributed by atoms with Gasteiger partial charge in [-0.25, -0.2) is 5.32 Å². The SMILES string of the molecule is C[n+]1onc(ONC2CC(C)(C)N([O])C(C)(C)C2)c1NC=O. The van der Waals surface area contributed by atoms with Crippen LogP contribution in [0.15, 0.2) is 4.63 Å². The first-order valence-corrected chi connectivity index (χ1v) is 7.13. The van der Waals surface area contributed by atoms with Gasteiger partial charge in [0, 0.05) is 17.1 Å². The fraction of sp³-hybridized carbons (Fsp3) is 0.769. The summed E-state index contributed by atoms with van der Waals surface area (Å²) in [6, 6.07) is -0.0266. The first-order valence-electron chi connectivity index (χ1n) is 7.13. The van der Waals surface area contributed by atoms with Crippen molar-refractivity contribution in [1.82, 2.24) is 15.7 Å². The van der Waals surface area contributed by atoms with Crippen LogP contribution in [-0.2, 0) is 17.0 Å². The third-order valence-electron chi connectivity index (χ3n) is 3.87. The van der Waals surface area contributed by atoms with Crippen LogP contribution in [0.25, 0.3) is 0 Å². The van der Waals surface area contributed by atoms with Gasteiger partial charge >= 0.3 is 11.7 Å². The summed E-state index contributed by atoms with van der Waals surface area (Å²) in [6.45, 7) is 7.63. The van der Waals surface area contributed by atoms with Gasteiger partial charge in [0.15, 0.2) is 0 Å². The lowest BCUT2D eigenvalue weighted by Gasteiger charge is -2.49. The molecule has 1 aliphatic heterocycles. The summed E-state index contributed by atoms with van der Waals surface area (Å²) in [5, 5.41) is 19.6. The van der Waals surface area contributed by atoms with Gasteiger partial charge in [0.25, 0.3) is 6.41 Å². The quantitative estimate of drug-likeness (QED) is 0.461. The molecule has 0 saturated carbocycles. The maximum Gasteiger partial charge on any atom is 0.430 e. The number of carbonyl (C=O) groups excluding carboxylic acids is 1. The minimum Gasteiger partial charge on any atom is -0.363 e. The summed E-state index contributed by atoms with van der Waals surface area (Å²) >= 11 is 0. The van der Waals surface area contributed by atoms with Gasteiger partial charge in [-0.05, 0) is 40.5 Å². The van der Waals surface area contributed by atoms with Gasteiger partial charge in [0.2, 0.25) is 0 Å². The van der Waals surface area contributed by atoms with E-state index in [1.807, 2.05) is 27.7 Å². The lowest BCUT2D eigenvalue weighted by Crippen LogP contribution is -2.62. The number of hydrogen-bond donors (Lipinski definition) is 2. The molecule has 1 aromatic heterocycles. The summed E-state index contributed by atoms with van der Waals surface area (Å²) in [5.74, 6) is 0.442. The van der Waals surface area contributed by atoms with Crippen LogP contribution >= 0.6 is 0 Å². The highest BCUT2D eigenvalue weighted by atomic mass is 16.7. The number of rotatable bonds is 5. The van der Waals surface area contributed by atoms with Gasteiger partial charge in [-0.2, -0.15) is 0 Å². The second kappa shape index (κ2) is 5.82. The maximum atomic E-state index is 12.3. The Bertz CT molecular complexity index is 525. The molecule has 1 saturated heterocycles. The Morgan fingerprint density at radius 3 is 2.50 bits per heavy atom. The van der Waals surface area contributed by atoms with E-state index < -0.39 is 11.1 Å². The number of amides is 1. The van der Waals surface area contributed by atoms with Crippen LogP contribution in [0.3, 0.4) is 0 Å². The number of nitrogens with zero attached hydrogens (tertiary/aromatic N) is 3. The Hall–Kier alpha value is -1.71. The topological polar surface area (TPSA) is 103 Å². The third-order valence-corrected chi connectivity index (χ3v) is 3.87. The zero-order chi connectivity index (χ0) is 16.5. The second-order valence-corrected chi connectivity index (χ2v) is 6.83. The van der Waals surface area contributed by atoms with Crippen LogP contribution in [0.2, 0.25) is 0 Å². The molecule has 1 fully saturated rings. The highest BCUT2D eigenvalue weighted by Crippen LogP contribution is 2.37. The Kier molecular flexibility index (Phi) is 4.41. The van der Waals surface area contributed by atoms with Crippen molar-refractivity contribution in [3.8, 4) is 5.88 Å². The average Bonchev–Trinajstić information content (AvgIpc) is 2.75. The highest BCUT2D eigenvalue weighted by Gasteiger charge is 2.46. The van der Waals surface area contributed by atoms with Gasteiger partial charge in [-0.3, -0.25) is 4.79 Å². The maximum absolute atomic E-state index is 12.3. The van der Waals surface area contributed by atoms with Crippen molar-refractivity contribution >= 4 is 12.2 Å². The molecule has 2 heterocycles. The molecule has 0 aromatic carbocycles. The molecule has 0 spiro atoms. The van der Waals surface area contributed by atoms with E-state index in [0.29, 0.717) is 25.1 Å². The van der Waals surface area contributed by atoms with E-state index in [-0.39, 0.29) is 11.9 Å². The van der Waals surface area contributed by atoms with Crippen molar-refractivity contribution < 1.29 is 24.2 Å². The van der Waals surface area contributed by atoms with Crippen molar-refractivity contribution in [3.05, 3.63) is 0 Å². The zero-order valence-corrected chi connectivity index (χ0v) is 13.5. The van der Waals surface area contributed by atoms with Crippen molar-refractivity contribution in [1.29, 1.82) is 0 Å². The van der Waals surface area contributed by atoms with E-state index in [1.165, 1.54) is 4.74 Å². The molecule has 9 nitrogen and oxygen atoms in total. The normalized spacial score (nSPS) is 21.5. The standard InChI is InChI=1S/C13H22N5O4/c1-12(2)6-9(7-13(3,4)18(12)20)15-21-11-10(14-8-19)17(5)22-16-11/h8-9,15H,6-7H2,1-5H3/p+1. The van der Waals surface area contributed by atoms with Crippen LogP contribution in [0, 0.1) is 0 Å². The summed E-state index contributed by atoms with van der Waals surface area (Å²) in [7, 11) is 1.59. The monoisotopic (exact) mass is 313 g/mol. The molecular weight excluding hydrogens is 290 g/mol. The van der Waals surface area contributed by atoms with E-state index in [0.717, 1.165) is 5.06 Å². The molecule has 123 valence electrons. The number of aromatic nitrogens is 2. The number of carbonyl (C=O) groups is 1. The Morgan fingerprint density at radius 2 is 1.95 bits per heavy atom. The fourth-order valence-corrected chi connectivity index (χ4v) is 3.08. The molecule has 1 aromatic rings. The highest BCUT2D eigenvalue weighted by molar-refractivity contribution is 5.69. The largest absolute Gasteiger partial charge is 0.430 e. The van der Waals surface area contributed by atoms with Crippen LogP contribution in [-0.4, -0.2) is 33.7 Å². The molecule has 2 N–H and O–H groups in total. The molecule has 0 aliphatic carbocycles. The van der Waals surface area contributed by atoms with E-state index >= 15 is 0 Å². The van der Waals surface area contributed by atoms with E-state index in [9.17, 15) is 10.0 Å². The Morgan fingerprint density at radius 1 is 1.36 bits per heavy atom. The lowest BCUT2D eigenvalue weighted by molar-refractivity contribution is -0.842. The summed E-state index contributed by atoms with van der Waals surface area (Å²) < 4.78 is 6.19.